The fraction of sp³-hybridized carbons (Fsp3) is 0.679. The summed E-state index contributed by atoms with van der Waals surface area (Å²) < 4.78 is 5.66. The van der Waals surface area contributed by atoms with Gasteiger partial charge in [-0.3, -0.25) is 14.4 Å². The molecule has 0 aromatic heterocycles. The Labute approximate surface area is 229 Å². The summed E-state index contributed by atoms with van der Waals surface area (Å²) in [6.07, 6.45) is 5.65. The lowest BCUT2D eigenvalue weighted by atomic mass is 9.93. The van der Waals surface area contributed by atoms with Gasteiger partial charge in [-0.15, -0.1) is 0 Å². The smallest absolute Gasteiger partial charge is 0.248 e. The summed E-state index contributed by atoms with van der Waals surface area (Å²) in [6, 6.07) is 5.37. The van der Waals surface area contributed by atoms with Gasteiger partial charge in [0.1, 0.15) is 6.61 Å². The number of likely N-dealkylation sites (N-methyl/N-ethyl adjacent to an activating group) is 1. The van der Waals surface area contributed by atoms with Gasteiger partial charge in [0, 0.05) is 50.5 Å². The summed E-state index contributed by atoms with van der Waals surface area (Å²) in [4.78, 5) is 44.9. The predicted molar refractivity (Wildman–Crippen MR) is 143 cm³/mol. The van der Waals surface area contributed by atoms with Crippen molar-refractivity contribution in [1.29, 1.82) is 0 Å². The molecular formula is C28H37Cl2N3O4. The van der Waals surface area contributed by atoms with Crippen LogP contribution in [0.25, 0.3) is 0 Å². The van der Waals surface area contributed by atoms with Crippen molar-refractivity contribution in [2.75, 3.05) is 46.4 Å². The second kappa shape index (κ2) is 10.7. The first-order chi connectivity index (χ1) is 17.7. The predicted octanol–water partition coefficient (Wildman–Crippen LogP) is 4.21. The summed E-state index contributed by atoms with van der Waals surface area (Å²) in [5.74, 6) is 0.687. The summed E-state index contributed by atoms with van der Waals surface area (Å²) >= 11 is 12.5. The van der Waals surface area contributed by atoms with Crippen LogP contribution in [-0.4, -0.2) is 84.9 Å². The lowest BCUT2D eigenvalue weighted by molar-refractivity contribution is -0.143. The third-order valence-electron chi connectivity index (χ3n) is 8.79. The van der Waals surface area contributed by atoms with Gasteiger partial charge in [0.25, 0.3) is 0 Å². The molecule has 0 N–H and O–H groups in total. The summed E-state index contributed by atoms with van der Waals surface area (Å²) in [5.41, 5.74) is 0.789. The molecule has 2 atom stereocenters. The van der Waals surface area contributed by atoms with Crippen LogP contribution >= 0.6 is 23.2 Å². The molecule has 0 spiro atoms. The van der Waals surface area contributed by atoms with Gasteiger partial charge in [-0.25, -0.2) is 0 Å². The van der Waals surface area contributed by atoms with E-state index >= 15 is 0 Å². The van der Waals surface area contributed by atoms with Crippen molar-refractivity contribution in [3.8, 4) is 0 Å². The van der Waals surface area contributed by atoms with E-state index in [1.165, 1.54) is 12.8 Å². The molecule has 2 aliphatic carbocycles. The Morgan fingerprint density at radius 1 is 1.03 bits per heavy atom. The number of amides is 3. The molecule has 0 unspecified atom stereocenters. The minimum absolute atomic E-state index is 0.0525. The van der Waals surface area contributed by atoms with E-state index in [1.54, 1.807) is 18.0 Å². The average Bonchev–Trinajstić information content (AvgIpc) is 3.83. The number of hydrogen-bond donors (Lipinski definition) is 0. The zero-order valence-corrected chi connectivity index (χ0v) is 23.3. The molecule has 2 saturated heterocycles. The highest BCUT2D eigenvalue weighted by Gasteiger charge is 2.48. The molecule has 3 amide bonds. The van der Waals surface area contributed by atoms with Crippen LogP contribution in [-0.2, 0) is 19.1 Å². The molecule has 5 rings (SSSR count). The van der Waals surface area contributed by atoms with E-state index in [0.29, 0.717) is 61.6 Å². The van der Waals surface area contributed by atoms with Crippen molar-refractivity contribution in [2.45, 2.75) is 57.4 Å². The lowest BCUT2D eigenvalue weighted by Crippen LogP contribution is -2.47. The molecule has 4 fully saturated rings. The number of carbonyl (C=O) groups is 3. The molecule has 0 bridgehead atoms. The molecule has 1 aromatic carbocycles. The summed E-state index contributed by atoms with van der Waals surface area (Å²) in [5, 5.41) is 0.943. The zero-order valence-electron chi connectivity index (χ0n) is 21.8. The number of nitrogens with zero attached hydrogens (tertiary/aromatic N) is 3. The fourth-order valence-electron chi connectivity index (χ4n) is 5.68. The number of piperidine rings is 1. The van der Waals surface area contributed by atoms with Gasteiger partial charge in [-0.05, 0) is 62.1 Å². The lowest BCUT2D eigenvalue weighted by Gasteiger charge is -2.34. The number of rotatable bonds is 8. The highest BCUT2D eigenvalue weighted by molar-refractivity contribution is 6.42. The maximum Gasteiger partial charge on any atom is 0.248 e. The Morgan fingerprint density at radius 3 is 2.35 bits per heavy atom. The van der Waals surface area contributed by atoms with Crippen LogP contribution < -0.4 is 0 Å². The van der Waals surface area contributed by atoms with E-state index < -0.39 is 0 Å². The molecule has 7 nitrogen and oxygen atoms in total. The highest BCUT2D eigenvalue weighted by Crippen LogP contribution is 2.47. The van der Waals surface area contributed by atoms with E-state index in [1.807, 2.05) is 28.9 Å². The fourth-order valence-corrected chi connectivity index (χ4v) is 5.99. The maximum absolute atomic E-state index is 13.6. The van der Waals surface area contributed by atoms with Gasteiger partial charge >= 0.3 is 0 Å². The van der Waals surface area contributed by atoms with Crippen LogP contribution in [0, 0.1) is 17.3 Å². The molecular weight excluding hydrogens is 513 g/mol. The van der Waals surface area contributed by atoms with E-state index in [2.05, 4.69) is 0 Å². The van der Waals surface area contributed by atoms with E-state index in [-0.39, 0.29) is 47.6 Å². The van der Waals surface area contributed by atoms with Crippen LogP contribution in [0.15, 0.2) is 18.2 Å². The molecule has 4 aliphatic rings. The summed E-state index contributed by atoms with van der Waals surface area (Å²) in [7, 11) is 1.80. The number of carbonyl (C=O) groups excluding carboxylic acids is 3. The Hall–Kier alpha value is -1.83. The van der Waals surface area contributed by atoms with Gasteiger partial charge < -0.3 is 19.4 Å². The third kappa shape index (κ3) is 5.94. The van der Waals surface area contributed by atoms with Crippen LogP contribution in [0.4, 0.5) is 0 Å². The number of ether oxygens (including phenoxy) is 1. The molecule has 37 heavy (non-hydrogen) atoms. The third-order valence-corrected chi connectivity index (χ3v) is 9.53. The van der Waals surface area contributed by atoms with Crippen molar-refractivity contribution in [3.63, 3.8) is 0 Å². The normalized spacial score (nSPS) is 25.3. The van der Waals surface area contributed by atoms with Crippen LogP contribution in [0.2, 0.25) is 10.0 Å². The Morgan fingerprint density at radius 2 is 1.73 bits per heavy atom. The molecule has 0 radical (unpaired) electrons. The van der Waals surface area contributed by atoms with Crippen molar-refractivity contribution in [1.82, 2.24) is 14.7 Å². The van der Waals surface area contributed by atoms with Gasteiger partial charge in [-0.1, -0.05) is 36.2 Å². The monoisotopic (exact) mass is 549 g/mol. The van der Waals surface area contributed by atoms with E-state index in [4.69, 9.17) is 27.9 Å². The Bertz CT molecular complexity index is 1050. The molecule has 2 saturated carbocycles. The second-order valence-corrected chi connectivity index (χ2v) is 12.5. The van der Waals surface area contributed by atoms with Crippen molar-refractivity contribution < 1.29 is 19.1 Å². The number of likely N-dealkylation sites (tertiary alicyclic amines) is 2. The van der Waals surface area contributed by atoms with Crippen molar-refractivity contribution >= 4 is 40.9 Å². The molecule has 202 valence electrons. The van der Waals surface area contributed by atoms with Crippen molar-refractivity contribution in [3.05, 3.63) is 33.8 Å². The van der Waals surface area contributed by atoms with Gasteiger partial charge in [0.2, 0.25) is 17.7 Å². The minimum atomic E-state index is -0.185. The molecule has 2 heterocycles. The second-order valence-electron chi connectivity index (χ2n) is 11.7. The first kappa shape index (κ1) is 26.8. The zero-order chi connectivity index (χ0) is 26.3. The quantitative estimate of drug-likeness (QED) is 0.487. The minimum Gasteiger partial charge on any atom is -0.371 e. The number of halogens is 2. The molecule has 1 aromatic rings. The first-order valence-electron chi connectivity index (χ1n) is 13.5. The highest BCUT2D eigenvalue weighted by atomic mass is 35.5. The molecule has 2 aliphatic heterocycles. The van der Waals surface area contributed by atoms with Crippen LogP contribution in [0.3, 0.4) is 0 Å². The number of hydrogen-bond acceptors (Lipinski definition) is 4. The topological polar surface area (TPSA) is 70.2 Å². The van der Waals surface area contributed by atoms with Gasteiger partial charge in [0.15, 0.2) is 0 Å². The summed E-state index contributed by atoms with van der Waals surface area (Å²) in [6.45, 7) is 4.96. The number of benzene rings is 1. The van der Waals surface area contributed by atoms with E-state index in [9.17, 15) is 14.4 Å². The SMILES string of the molecule is CN(C(=O)COCC1CC1)[C@H]1CN(C(=O)C2CCN(C(=O)C3(C)CC3)CC2)C[C@@H]1c1ccc(Cl)c(Cl)c1. The van der Waals surface area contributed by atoms with E-state index in [0.717, 1.165) is 18.4 Å². The Kier molecular flexibility index (Phi) is 7.77. The van der Waals surface area contributed by atoms with Gasteiger partial charge in [0.05, 0.1) is 22.7 Å². The largest absolute Gasteiger partial charge is 0.371 e. The maximum atomic E-state index is 13.6. The van der Waals surface area contributed by atoms with Gasteiger partial charge in [-0.2, -0.15) is 0 Å². The van der Waals surface area contributed by atoms with Crippen LogP contribution in [0.5, 0.6) is 0 Å². The molecule has 9 heteroatoms. The van der Waals surface area contributed by atoms with Crippen LogP contribution in [0.1, 0.15) is 56.9 Å². The average molecular weight is 551 g/mol. The standard InChI is InChI=1S/C28H37Cl2N3O4/c1-28(9-10-28)27(36)32-11-7-19(8-12-32)26(35)33-14-21(20-5-6-22(29)23(30)13-20)24(15-33)31(2)25(34)17-37-16-18-3-4-18/h5-6,13,18-19,21,24H,3-4,7-12,14-17H2,1-2H3/t21-,24+/m1/s1. The van der Waals surface area contributed by atoms with Crippen molar-refractivity contribution in [2.24, 2.45) is 17.3 Å². The Balaban J connectivity index is 1.25. The first-order valence-corrected chi connectivity index (χ1v) is 14.3.